The minimum Gasteiger partial charge on any atom is -0.368 e. The summed E-state index contributed by atoms with van der Waals surface area (Å²) in [6, 6.07) is 1.78. The van der Waals surface area contributed by atoms with E-state index in [0.717, 1.165) is 29.7 Å². The van der Waals surface area contributed by atoms with Gasteiger partial charge in [0.25, 0.3) is 0 Å². The maximum atomic E-state index is 13.0. The molecule has 2 saturated heterocycles. The molecule has 2 unspecified atom stereocenters. The molecule has 2 atom stereocenters. The van der Waals surface area contributed by atoms with Crippen LogP contribution in [-0.2, 0) is 9.53 Å². The summed E-state index contributed by atoms with van der Waals surface area (Å²) in [5.41, 5.74) is 8.37. The number of aromatic nitrogens is 1. The van der Waals surface area contributed by atoms with Gasteiger partial charge < -0.3 is 19.9 Å². The molecule has 0 aromatic carbocycles. The van der Waals surface area contributed by atoms with Gasteiger partial charge in [-0.2, -0.15) is 0 Å². The summed E-state index contributed by atoms with van der Waals surface area (Å²) in [4.78, 5) is 17.0. The van der Waals surface area contributed by atoms with Crippen LogP contribution in [0.5, 0.6) is 0 Å². The zero-order valence-corrected chi connectivity index (χ0v) is 16.9. The molecule has 1 aromatic rings. The van der Waals surface area contributed by atoms with Crippen molar-refractivity contribution in [2.45, 2.75) is 44.4 Å². The molecule has 0 spiro atoms. The maximum absolute atomic E-state index is 13.0. The molecule has 2 fully saturated rings. The number of amides is 1. The van der Waals surface area contributed by atoms with Crippen molar-refractivity contribution in [2.24, 2.45) is 0 Å². The highest BCUT2D eigenvalue weighted by molar-refractivity contribution is 5.94. The number of ether oxygens (including phenoxy) is 1. The zero-order chi connectivity index (χ0) is 20.3. The normalized spacial score (nSPS) is 23.9. The summed E-state index contributed by atoms with van der Waals surface area (Å²) in [6.45, 7) is 7.23. The lowest BCUT2D eigenvalue weighted by molar-refractivity contribution is -0.128. The molecule has 7 nitrogen and oxygen atoms in total. The van der Waals surface area contributed by atoms with Crippen molar-refractivity contribution in [1.29, 1.82) is 0 Å². The summed E-state index contributed by atoms with van der Waals surface area (Å²) in [5.74, 6) is 0.694. The smallest absolute Gasteiger partial charge is 0.250 e. The number of hydrogen-bond donors (Lipinski definition) is 1. The molecule has 0 saturated carbocycles. The van der Waals surface area contributed by atoms with Crippen LogP contribution in [0.3, 0.4) is 0 Å². The molecular formula is C21H30N4O3. The van der Waals surface area contributed by atoms with Crippen LogP contribution in [-0.4, -0.2) is 60.4 Å². The zero-order valence-electron chi connectivity index (χ0n) is 16.9. The molecule has 3 heterocycles. The van der Waals surface area contributed by atoms with E-state index < -0.39 is 0 Å². The largest absolute Gasteiger partial charge is 0.368 e. The maximum Gasteiger partial charge on any atom is 0.250 e. The first kappa shape index (κ1) is 20.4. The van der Waals surface area contributed by atoms with E-state index >= 15 is 0 Å². The standard InChI is InChI=1S/C21H30N4O3/c1-5-6-16(8-7-14(2)19-21(27-19)24(3)4)20(26)25-11-9-15(10-12-25)17-13-18(22)28-23-17/h5,7-8,13,15,19,21H,1,6,9-12,22H2,2-4H3/b14-7+,16-8+. The number of carbonyl (C=O) groups is 1. The highest BCUT2D eigenvalue weighted by atomic mass is 16.6. The van der Waals surface area contributed by atoms with Crippen molar-refractivity contribution in [3.8, 4) is 0 Å². The van der Waals surface area contributed by atoms with Crippen LogP contribution < -0.4 is 5.73 Å². The van der Waals surface area contributed by atoms with Gasteiger partial charge in [0.1, 0.15) is 12.3 Å². The summed E-state index contributed by atoms with van der Waals surface area (Å²) in [5, 5.41) is 4.01. The highest BCUT2D eigenvalue weighted by Crippen LogP contribution is 2.31. The molecule has 2 aliphatic heterocycles. The van der Waals surface area contributed by atoms with Crippen LogP contribution >= 0.6 is 0 Å². The third-order valence-electron chi connectivity index (χ3n) is 5.36. The lowest BCUT2D eigenvalue weighted by Crippen LogP contribution is -2.38. The van der Waals surface area contributed by atoms with Crippen LogP contribution in [0.2, 0.25) is 0 Å². The summed E-state index contributed by atoms with van der Waals surface area (Å²) in [7, 11) is 3.99. The number of epoxide rings is 1. The Morgan fingerprint density at radius 1 is 1.39 bits per heavy atom. The first-order valence-electron chi connectivity index (χ1n) is 9.72. The SMILES string of the molecule is C=CC/C(=C\C=C(/C)C1OC1N(C)C)C(=O)N1CCC(c2cc(N)on2)CC1. The van der Waals surface area contributed by atoms with Crippen LogP contribution in [0.25, 0.3) is 0 Å². The Balaban J connectivity index is 1.61. The van der Waals surface area contributed by atoms with E-state index in [-0.39, 0.29) is 24.2 Å². The van der Waals surface area contributed by atoms with Crippen LogP contribution in [0.15, 0.2) is 46.5 Å². The van der Waals surface area contributed by atoms with Gasteiger partial charge in [-0.05, 0) is 45.9 Å². The number of nitrogens with zero attached hydrogens (tertiary/aromatic N) is 3. The van der Waals surface area contributed by atoms with E-state index in [9.17, 15) is 4.79 Å². The molecule has 1 aromatic heterocycles. The number of nitrogens with two attached hydrogens (primary N) is 1. The Kier molecular flexibility index (Phi) is 6.36. The Bertz CT molecular complexity index is 772. The Hall–Kier alpha value is -2.38. The van der Waals surface area contributed by atoms with Crippen molar-refractivity contribution >= 4 is 11.8 Å². The van der Waals surface area contributed by atoms with E-state index in [4.69, 9.17) is 15.0 Å². The molecule has 1 amide bonds. The van der Waals surface area contributed by atoms with Gasteiger partial charge in [-0.25, -0.2) is 0 Å². The minimum absolute atomic E-state index is 0.0722. The second-order valence-corrected chi connectivity index (χ2v) is 7.73. The Morgan fingerprint density at radius 2 is 2.11 bits per heavy atom. The van der Waals surface area contributed by atoms with Crippen molar-refractivity contribution in [3.05, 3.63) is 47.7 Å². The van der Waals surface area contributed by atoms with Crippen LogP contribution in [0, 0.1) is 0 Å². The second-order valence-electron chi connectivity index (χ2n) is 7.73. The van der Waals surface area contributed by atoms with E-state index in [2.05, 4.69) is 11.7 Å². The lowest BCUT2D eigenvalue weighted by Gasteiger charge is -2.31. The minimum atomic E-state index is 0.0722. The number of anilines is 1. The Labute approximate surface area is 166 Å². The number of allylic oxidation sites excluding steroid dienone is 3. The van der Waals surface area contributed by atoms with E-state index in [1.807, 2.05) is 43.0 Å². The van der Waals surface area contributed by atoms with E-state index in [0.29, 0.717) is 25.4 Å². The number of hydrogen-bond acceptors (Lipinski definition) is 6. The third-order valence-corrected chi connectivity index (χ3v) is 5.36. The van der Waals surface area contributed by atoms with Gasteiger partial charge in [0.05, 0.1) is 5.69 Å². The topological polar surface area (TPSA) is 88.1 Å². The lowest BCUT2D eigenvalue weighted by atomic mass is 9.93. The molecule has 2 N–H and O–H groups in total. The van der Waals surface area contributed by atoms with Crippen LogP contribution in [0.1, 0.15) is 37.8 Å². The fourth-order valence-electron chi connectivity index (χ4n) is 3.62. The molecule has 2 aliphatic rings. The number of rotatable bonds is 7. The predicted molar refractivity (Wildman–Crippen MR) is 108 cm³/mol. The van der Waals surface area contributed by atoms with Gasteiger partial charge in [0.15, 0.2) is 0 Å². The van der Waals surface area contributed by atoms with Gasteiger partial charge in [-0.1, -0.05) is 23.4 Å². The summed E-state index contributed by atoms with van der Waals surface area (Å²) < 4.78 is 10.6. The average Bonchev–Trinajstić information content (AvgIpc) is 3.39. The highest BCUT2D eigenvalue weighted by Gasteiger charge is 2.41. The quantitative estimate of drug-likeness (QED) is 0.335. The first-order chi connectivity index (χ1) is 13.4. The fraction of sp³-hybridized carbons (Fsp3) is 0.524. The van der Waals surface area contributed by atoms with E-state index in [1.54, 1.807) is 12.1 Å². The number of piperidine rings is 1. The molecule has 152 valence electrons. The molecular weight excluding hydrogens is 356 g/mol. The fourth-order valence-corrected chi connectivity index (χ4v) is 3.62. The van der Waals surface area contributed by atoms with Crippen molar-refractivity contribution < 1.29 is 14.1 Å². The van der Waals surface area contributed by atoms with Crippen molar-refractivity contribution in [2.75, 3.05) is 32.9 Å². The number of likely N-dealkylation sites (N-methyl/N-ethyl adjacent to an activating group) is 1. The van der Waals surface area contributed by atoms with Gasteiger partial charge in [0.2, 0.25) is 11.8 Å². The molecule has 28 heavy (non-hydrogen) atoms. The Morgan fingerprint density at radius 3 is 2.64 bits per heavy atom. The van der Waals surface area contributed by atoms with Crippen molar-refractivity contribution in [1.82, 2.24) is 15.0 Å². The molecule has 7 heteroatoms. The third kappa shape index (κ3) is 4.72. The van der Waals surface area contributed by atoms with Gasteiger partial charge in [-0.15, -0.1) is 6.58 Å². The summed E-state index contributed by atoms with van der Waals surface area (Å²) >= 11 is 0. The van der Waals surface area contributed by atoms with Crippen molar-refractivity contribution in [3.63, 3.8) is 0 Å². The average molecular weight is 386 g/mol. The molecule has 0 radical (unpaired) electrons. The summed E-state index contributed by atoms with van der Waals surface area (Å²) in [6.07, 6.45) is 8.18. The number of carbonyl (C=O) groups excluding carboxylic acids is 1. The molecule has 3 rings (SSSR count). The van der Waals surface area contributed by atoms with E-state index in [1.165, 1.54) is 0 Å². The van der Waals surface area contributed by atoms with Gasteiger partial charge in [-0.3, -0.25) is 9.69 Å². The second kappa shape index (κ2) is 8.75. The van der Waals surface area contributed by atoms with Gasteiger partial charge in [0, 0.05) is 30.6 Å². The van der Waals surface area contributed by atoms with Gasteiger partial charge >= 0.3 is 0 Å². The molecule has 0 bridgehead atoms. The monoisotopic (exact) mass is 386 g/mol. The number of likely N-dealkylation sites (tertiary alicyclic amines) is 1. The number of nitrogen functional groups attached to an aromatic ring is 1. The predicted octanol–water partition coefficient (Wildman–Crippen LogP) is 2.70. The first-order valence-corrected chi connectivity index (χ1v) is 9.72. The molecule has 0 aliphatic carbocycles. The van der Waals surface area contributed by atoms with Crippen LogP contribution in [0.4, 0.5) is 5.88 Å².